The van der Waals surface area contributed by atoms with E-state index in [1.54, 1.807) is 29.2 Å². The van der Waals surface area contributed by atoms with Crippen molar-refractivity contribution in [2.45, 2.75) is 19.5 Å². The number of carbonyl (C=O) groups excluding carboxylic acids is 2. The molecule has 0 spiro atoms. The number of amides is 1. The first-order chi connectivity index (χ1) is 14.4. The normalized spacial score (nSPS) is 13.9. The van der Waals surface area contributed by atoms with Gasteiger partial charge in [-0.25, -0.2) is 0 Å². The Morgan fingerprint density at radius 3 is 2.40 bits per heavy atom. The number of alkyl halides is 2. The fourth-order valence-corrected chi connectivity index (χ4v) is 3.22. The molecule has 6 nitrogen and oxygen atoms in total. The molecule has 0 radical (unpaired) electrons. The van der Waals surface area contributed by atoms with Crippen LogP contribution in [-0.4, -0.2) is 39.1 Å². The summed E-state index contributed by atoms with van der Waals surface area (Å²) in [5, 5.41) is 0. The quantitative estimate of drug-likeness (QED) is 0.473. The molecule has 0 aromatic heterocycles. The van der Waals surface area contributed by atoms with Crippen molar-refractivity contribution in [3.05, 3.63) is 53.6 Å². The van der Waals surface area contributed by atoms with Gasteiger partial charge in [-0.05, 0) is 42.3 Å². The second-order valence-electron chi connectivity index (χ2n) is 6.53. The number of carbonyl (C=O) groups is 2. The molecule has 1 heterocycles. The Bertz CT molecular complexity index is 949. The molecule has 1 aliphatic rings. The third kappa shape index (κ3) is 4.76. The maximum atomic E-state index is 12.6. The SMILES string of the molecule is COc1cc(/C=C/C(=O)c2cccc(N3CCCC3=O)c2)cc(OC)c1OC(F)F. The molecule has 2 aromatic carbocycles. The van der Waals surface area contributed by atoms with Gasteiger partial charge in [0.1, 0.15) is 0 Å². The van der Waals surface area contributed by atoms with E-state index < -0.39 is 6.61 Å². The number of anilines is 1. The molecule has 158 valence electrons. The smallest absolute Gasteiger partial charge is 0.387 e. The highest BCUT2D eigenvalue weighted by Crippen LogP contribution is 2.39. The van der Waals surface area contributed by atoms with E-state index in [0.717, 1.165) is 6.42 Å². The van der Waals surface area contributed by atoms with E-state index in [4.69, 9.17) is 9.47 Å². The van der Waals surface area contributed by atoms with Gasteiger partial charge in [-0.2, -0.15) is 8.78 Å². The summed E-state index contributed by atoms with van der Waals surface area (Å²) in [5.74, 6) is -0.344. The van der Waals surface area contributed by atoms with Crippen LogP contribution in [0.5, 0.6) is 17.2 Å². The molecule has 0 unspecified atom stereocenters. The van der Waals surface area contributed by atoms with E-state index in [9.17, 15) is 18.4 Å². The molecule has 0 saturated carbocycles. The van der Waals surface area contributed by atoms with Crippen molar-refractivity contribution in [1.82, 2.24) is 0 Å². The lowest BCUT2D eigenvalue weighted by molar-refractivity contribution is -0.117. The van der Waals surface area contributed by atoms with Crippen LogP contribution >= 0.6 is 0 Å². The zero-order valence-corrected chi connectivity index (χ0v) is 16.6. The zero-order chi connectivity index (χ0) is 21.7. The van der Waals surface area contributed by atoms with Gasteiger partial charge >= 0.3 is 6.61 Å². The number of ether oxygens (including phenoxy) is 3. The van der Waals surface area contributed by atoms with Gasteiger partial charge in [-0.15, -0.1) is 0 Å². The van der Waals surface area contributed by atoms with Crippen LogP contribution in [0.15, 0.2) is 42.5 Å². The topological polar surface area (TPSA) is 65.1 Å². The Balaban J connectivity index is 1.83. The maximum absolute atomic E-state index is 12.6. The van der Waals surface area contributed by atoms with Crippen molar-refractivity contribution in [2.75, 3.05) is 25.7 Å². The molecule has 2 aromatic rings. The molecule has 8 heteroatoms. The number of nitrogens with zero attached hydrogens (tertiary/aromatic N) is 1. The molecule has 0 bridgehead atoms. The number of methoxy groups -OCH3 is 2. The molecule has 0 atom stereocenters. The van der Waals surface area contributed by atoms with Crippen molar-refractivity contribution in [3.8, 4) is 17.2 Å². The van der Waals surface area contributed by atoms with Gasteiger partial charge < -0.3 is 19.1 Å². The Morgan fingerprint density at radius 1 is 1.13 bits per heavy atom. The molecule has 0 N–H and O–H groups in total. The second-order valence-corrected chi connectivity index (χ2v) is 6.53. The van der Waals surface area contributed by atoms with Crippen molar-refractivity contribution >= 4 is 23.5 Å². The highest BCUT2D eigenvalue weighted by atomic mass is 19.3. The summed E-state index contributed by atoms with van der Waals surface area (Å²) in [6.07, 6.45) is 4.18. The number of ketones is 1. The van der Waals surface area contributed by atoms with Crippen LogP contribution in [0, 0.1) is 0 Å². The fraction of sp³-hybridized carbons (Fsp3) is 0.273. The van der Waals surface area contributed by atoms with Gasteiger partial charge in [0.15, 0.2) is 17.3 Å². The predicted molar refractivity (Wildman–Crippen MR) is 108 cm³/mol. The van der Waals surface area contributed by atoms with Crippen molar-refractivity contribution in [3.63, 3.8) is 0 Å². The van der Waals surface area contributed by atoms with E-state index >= 15 is 0 Å². The number of allylic oxidation sites excluding steroid dienone is 1. The van der Waals surface area contributed by atoms with Crippen molar-refractivity contribution < 1.29 is 32.6 Å². The van der Waals surface area contributed by atoms with Gasteiger partial charge in [0.2, 0.25) is 11.7 Å². The van der Waals surface area contributed by atoms with Gasteiger partial charge in [-0.1, -0.05) is 18.2 Å². The molecule has 1 fully saturated rings. The summed E-state index contributed by atoms with van der Waals surface area (Å²) < 4.78 is 40.0. The third-order valence-corrected chi connectivity index (χ3v) is 4.63. The first-order valence-corrected chi connectivity index (χ1v) is 9.26. The maximum Gasteiger partial charge on any atom is 0.387 e. The molecule has 1 saturated heterocycles. The lowest BCUT2D eigenvalue weighted by atomic mass is 10.1. The largest absolute Gasteiger partial charge is 0.493 e. The molecule has 1 aliphatic heterocycles. The van der Waals surface area contributed by atoms with E-state index in [-0.39, 0.29) is 28.9 Å². The van der Waals surface area contributed by atoms with E-state index in [2.05, 4.69) is 4.74 Å². The summed E-state index contributed by atoms with van der Waals surface area (Å²) in [7, 11) is 2.63. The molecule has 0 aliphatic carbocycles. The highest BCUT2D eigenvalue weighted by Gasteiger charge is 2.22. The predicted octanol–water partition coefficient (Wildman–Crippen LogP) is 4.33. The Hall–Kier alpha value is -3.42. The molecule has 3 rings (SSSR count). The molecule has 1 amide bonds. The van der Waals surface area contributed by atoms with E-state index in [0.29, 0.717) is 29.8 Å². The van der Waals surface area contributed by atoms with Crippen LogP contribution in [0.1, 0.15) is 28.8 Å². The minimum absolute atomic E-state index is 0.0421. The number of benzene rings is 2. The van der Waals surface area contributed by atoms with Gasteiger partial charge in [0, 0.05) is 24.2 Å². The number of hydrogen-bond donors (Lipinski definition) is 0. The van der Waals surface area contributed by atoms with Crippen LogP contribution in [0.2, 0.25) is 0 Å². The Labute approximate surface area is 172 Å². The summed E-state index contributed by atoms with van der Waals surface area (Å²) in [6, 6.07) is 9.78. The minimum atomic E-state index is -3.04. The standard InChI is InChI=1S/C22H21F2NO5/c1-28-18-11-14(12-19(29-2)21(18)30-22(23)24)8-9-17(26)15-5-3-6-16(13-15)25-10-4-7-20(25)27/h3,5-6,8-9,11-13,22H,4,7,10H2,1-2H3/b9-8+. The van der Waals surface area contributed by atoms with E-state index in [1.165, 1.54) is 38.5 Å². The first kappa shape index (κ1) is 21.3. The van der Waals surface area contributed by atoms with Gasteiger partial charge in [0.05, 0.1) is 14.2 Å². The average Bonchev–Trinajstić information content (AvgIpc) is 3.18. The highest BCUT2D eigenvalue weighted by molar-refractivity contribution is 6.08. The zero-order valence-electron chi connectivity index (χ0n) is 16.6. The molecular weight excluding hydrogens is 396 g/mol. The monoisotopic (exact) mass is 417 g/mol. The molecular formula is C22H21F2NO5. The van der Waals surface area contributed by atoms with Crippen LogP contribution in [0.4, 0.5) is 14.5 Å². The van der Waals surface area contributed by atoms with Crippen molar-refractivity contribution in [2.24, 2.45) is 0 Å². The van der Waals surface area contributed by atoms with Crippen LogP contribution < -0.4 is 19.1 Å². The van der Waals surface area contributed by atoms with E-state index in [1.807, 2.05) is 0 Å². The summed E-state index contributed by atoms with van der Waals surface area (Å²) in [5.41, 5.74) is 1.62. The summed E-state index contributed by atoms with van der Waals surface area (Å²) in [6.45, 7) is -2.40. The molecule has 30 heavy (non-hydrogen) atoms. The Morgan fingerprint density at radius 2 is 1.83 bits per heavy atom. The lowest BCUT2D eigenvalue weighted by Gasteiger charge is -2.16. The van der Waals surface area contributed by atoms with Gasteiger partial charge in [0.25, 0.3) is 0 Å². The van der Waals surface area contributed by atoms with Crippen molar-refractivity contribution in [1.29, 1.82) is 0 Å². The first-order valence-electron chi connectivity index (χ1n) is 9.26. The third-order valence-electron chi connectivity index (χ3n) is 4.63. The van der Waals surface area contributed by atoms with Gasteiger partial charge in [-0.3, -0.25) is 9.59 Å². The van der Waals surface area contributed by atoms with Crippen LogP contribution in [-0.2, 0) is 4.79 Å². The van der Waals surface area contributed by atoms with Crippen LogP contribution in [0.25, 0.3) is 6.08 Å². The van der Waals surface area contributed by atoms with Crippen LogP contribution in [0.3, 0.4) is 0 Å². The minimum Gasteiger partial charge on any atom is -0.493 e. The lowest BCUT2D eigenvalue weighted by Crippen LogP contribution is -2.23. The Kier molecular flexibility index (Phi) is 6.66. The fourth-order valence-electron chi connectivity index (χ4n) is 3.22. The number of rotatable bonds is 8. The summed E-state index contributed by atoms with van der Waals surface area (Å²) in [4.78, 5) is 26.2. The average molecular weight is 417 g/mol. The number of halogens is 2. The number of hydrogen-bond acceptors (Lipinski definition) is 5. The second kappa shape index (κ2) is 9.39. The summed E-state index contributed by atoms with van der Waals surface area (Å²) >= 11 is 0.